The fourth-order valence-electron chi connectivity index (χ4n) is 3.32. The van der Waals surface area contributed by atoms with E-state index >= 15 is 0 Å². The molecular formula is C24H27N7. The largest absolute Gasteiger partial charge is 0.356 e. The monoisotopic (exact) mass is 413 g/mol. The van der Waals surface area contributed by atoms with Crippen LogP contribution in [0.25, 0.3) is 11.4 Å². The SMILES string of the molecule is CN=C(NCCc1ccc(-n2cccn2)cc1)NCCc1cnn(-c2ccccc2)c1. The van der Waals surface area contributed by atoms with Crippen LogP contribution in [-0.2, 0) is 12.8 Å². The van der Waals surface area contributed by atoms with Crippen LogP contribution in [0.4, 0.5) is 0 Å². The van der Waals surface area contributed by atoms with Crippen LogP contribution in [-0.4, -0.2) is 45.7 Å². The molecule has 0 aliphatic heterocycles. The zero-order valence-electron chi connectivity index (χ0n) is 17.6. The highest BCUT2D eigenvalue weighted by Gasteiger charge is 2.03. The normalized spacial score (nSPS) is 11.5. The van der Waals surface area contributed by atoms with Crippen LogP contribution >= 0.6 is 0 Å². The van der Waals surface area contributed by atoms with Crippen LogP contribution in [0.1, 0.15) is 11.1 Å². The molecule has 0 saturated heterocycles. The third kappa shape index (κ3) is 5.60. The van der Waals surface area contributed by atoms with E-state index < -0.39 is 0 Å². The highest BCUT2D eigenvalue weighted by molar-refractivity contribution is 5.79. The third-order valence-corrected chi connectivity index (χ3v) is 5.00. The maximum atomic E-state index is 4.45. The molecule has 158 valence electrons. The highest BCUT2D eigenvalue weighted by Crippen LogP contribution is 2.09. The molecule has 0 atom stereocenters. The molecule has 0 aliphatic rings. The summed E-state index contributed by atoms with van der Waals surface area (Å²) < 4.78 is 3.76. The van der Waals surface area contributed by atoms with Crippen LogP contribution in [0, 0.1) is 0 Å². The van der Waals surface area contributed by atoms with Crippen molar-refractivity contribution in [3.8, 4) is 11.4 Å². The van der Waals surface area contributed by atoms with Gasteiger partial charge in [0.15, 0.2) is 5.96 Å². The summed E-state index contributed by atoms with van der Waals surface area (Å²) in [6.45, 7) is 1.60. The maximum absolute atomic E-state index is 4.45. The third-order valence-electron chi connectivity index (χ3n) is 5.00. The fourth-order valence-corrected chi connectivity index (χ4v) is 3.32. The number of guanidine groups is 1. The van der Waals surface area contributed by atoms with E-state index in [2.05, 4.69) is 56.3 Å². The van der Waals surface area contributed by atoms with Gasteiger partial charge in [-0.1, -0.05) is 30.3 Å². The molecule has 0 radical (unpaired) electrons. The molecule has 0 aliphatic carbocycles. The zero-order chi connectivity index (χ0) is 21.3. The Morgan fingerprint density at radius 3 is 2.19 bits per heavy atom. The quantitative estimate of drug-likeness (QED) is 0.344. The molecule has 0 spiro atoms. The van der Waals surface area contributed by atoms with Gasteiger partial charge in [-0.25, -0.2) is 9.36 Å². The zero-order valence-corrected chi connectivity index (χ0v) is 17.6. The summed E-state index contributed by atoms with van der Waals surface area (Å²) >= 11 is 0. The van der Waals surface area contributed by atoms with Crippen LogP contribution in [0.15, 0.2) is 90.4 Å². The molecular weight excluding hydrogens is 386 g/mol. The lowest BCUT2D eigenvalue weighted by Gasteiger charge is -2.11. The number of nitrogens with zero attached hydrogens (tertiary/aromatic N) is 5. The van der Waals surface area contributed by atoms with E-state index in [9.17, 15) is 0 Å². The molecule has 4 aromatic rings. The number of rotatable bonds is 8. The lowest BCUT2D eigenvalue weighted by atomic mass is 10.1. The molecule has 2 aromatic carbocycles. The van der Waals surface area contributed by atoms with Crippen molar-refractivity contribution in [1.29, 1.82) is 0 Å². The summed E-state index contributed by atoms with van der Waals surface area (Å²) in [5.41, 5.74) is 4.59. The van der Waals surface area contributed by atoms with Crippen LogP contribution in [0.2, 0.25) is 0 Å². The average Bonchev–Trinajstić information content (AvgIpc) is 3.52. The summed E-state index contributed by atoms with van der Waals surface area (Å²) in [4.78, 5) is 4.31. The topological polar surface area (TPSA) is 72.1 Å². The Balaban J connectivity index is 1.19. The molecule has 2 N–H and O–H groups in total. The molecule has 0 unspecified atom stereocenters. The van der Waals surface area contributed by atoms with Crippen molar-refractivity contribution in [3.63, 3.8) is 0 Å². The van der Waals surface area contributed by atoms with Crippen molar-refractivity contribution in [3.05, 3.63) is 96.6 Å². The van der Waals surface area contributed by atoms with Gasteiger partial charge >= 0.3 is 0 Å². The Morgan fingerprint density at radius 2 is 1.52 bits per heavy atom. The molecule has 7 heteroatoms. The van der Waals surface area contributed by atoms with Crippen LogP contribution < -0.4 is 10.6 Å². The van der Waals surface area contributed by atoms with Gasteiger partial charge in [0, 0.05) is 38.7 Å². The minimum Gasteiger partial charge on any atom is -0.356 e. The average molecular weight is 414 g/mol. The maximum Gasteiger partial charge on any atom is 0.190 e. The van der Waals surface area contributed by atoms with Gasteiger partial charge in [-0.3, -0.25) is 4.99 Å². The van der Waals surface area contributed by atoms with Gasteiger partial charge in [0.2, 0.25) is 0 Å². The number of para-hydroxylation sites is 1. The van der Waals surface area contributed by atoms with Crippen molar-refractivity contribution in [2.24, 2.45) is 4.99 Å². The second kappa shape index (κ2) is 10.2. The van der Waals surface area contributed by atoms with Crippen molar-refractivity contribution in [2.75, 3.05) is 20.1 Å². The summed E-state index contributed by atoms with van der Waals surface area (Å²) in [6, 6.07) is 20.5. The van der Waals surface area contributed by atoms with Crippen LogP contribution in [0.5, 0.6) is 0 Å². The van der Waals surface area contributed by atoms with E-state index in [1.54, 1.807) is 13.2 Å². The second-order valence-electron chi connectivity index (χ2n) is 7.17. The van der Waals surface area contributed by atoms with Gasteiger partial charge in [-0.05, 0) is 54.3 Å². The van der Waals surface area contributed by atoms with E-state index in [0.29, 0.717) is 0 Å². The minimum absolute atomic E-state index is 0.790. The van der Waals surface area contributed by atoms with E-state index in [-0.39, 0.29) is 0 Å². The molecule has 4 rings (SSSR count). The molecule has 0 saturated carbocycles. The molecule has 31 heavy (non-hydrogen) atoms. The van der Waals surface area contributed by atoms with E-state index in [1.807, 2.05) is 58.2 Å². The standard InChI is InChI=1S/C24H27N7/c1-25-24(26-15-12-20-8-10-23(11-9-20)30-17-5-14-28-30)27-16-13-21-18-29-31(19-21)22-6-3-2-4-7-22/h2-11,14,17-19H,12-13,15-16H2,1H3,(H2,25,26,27). The summed E-state index contributed by atoms with van der Waals surface area (Å²) in [7, 11) is 1.79. The number of aliphatic imine (C=N–C) groups is 1. The Kier molecular flexibility index (Phi) is 6.74. The summed E-state index contributed by atoms with van der Waals surface area (Å²) in [6.07, 6.45) is 9.51. The minimum atomic E-state index is 0.790. The van der Waals surface area contributed by atoms with Gasteiger partial charge in [-0.2, -0.15) is 10.2 Å². The number of aromatic nitrogens is 4. The fraction of sp³-hybridized carbons (Fsp3) is 0.208. The number of hydrogen-bond acceptors (Lipinski definition) is 3. The van der Waals surface area contributed by atoms with Crippen molar-refractivity contribution in [1.82, 2.24) is 30.2 Å². The first-order valence-electron chi connectivity index (χ1n) is 10.4. The Hall–Kier alpha value is -3.87. The van der Waals surface area contributed by atoms with Gasteiger partial charge in [0.05, 0.1) is 17.6 Å². The first-order chi connectivity index (χ1) is 15.3. The molecule has 2 aromatic heterocycles. The summed E-state index contributed by atoms with van der Waals surface area (Å²) in [5, 5.41) is 15.5. The Labute approximate surface area is 182 Å². The molecule has 7 nitrogen and oxygen atoms in total. The van der Waals surface area contributed by atoms with Crippen molar-refractivity contribution in [2.45, 2.75) is 12.8 Å². The molecule has 0 fully saturated rings. The predicted molar refractivity (Wildman–Crippen MR) is 124 cm³/mol. The van der Waals surface area contributed by atoms with Gasteiger partial charge in [0.1, 0.15) is 0 Å². The smallest absolute Gasteiger partial charge is 0.190 e. The summed E-state index contributed by atoms with van der Waals surface area (Å²) in [5.74, 6) is 0.809. The van der Waals surface area contributed by atoms with Crippen molar-refractivity contribution < 1.29 is 0 Å². The number of hydrogen-bond donors (Lipinski definition) is 2. The van der Waals surface area contributed by atoms with Gasteiger partial charge < -0.3 is 10.6 Å². The van der Waals surface area contributed by atoms with E-state index in [1.165, 1.54) is 11.1 Å². The predicted octanol–water partition coefficient (Wildman–Crippen LogP) is 3.01. The second-order valence-corrected chi connectivity index (χ2v) is 7.17. The number of benzene rings is 2. The van der Waals surface area contributed by atoms with E-state index in [0.717, 1.165) is 43.3 Å². The van der Waals surface area contributed by atoms with E-state index in [4.69, 9.17) is 0 Å². The molecule has 0 amide bonds. The first kappa shape index (κ1) is 20.4. The first-order valence-corrected chi connectivity index (χ1v) is 10.4. The molecule has 2 heterocycles. The highest BCUT2D eigenvalue weighted by atomic mass is 15.3. The lowest BCUT2D eigenvalue weighted by molar-refractivity contribution is 0.783. The Morgan fingerprint density at radius 1 is 0.806 bits per heavy atom. The van der Waals surface area contributed by atoms with Crippen molar-refractivity contribution >= 4 is 5.96 Å². The number of nitrogens with one attached hydrogen (secondary N) is 2. The Bertz CT molecular complexity index is 1080. The lowest BCUT2D eigenvalue weighted by Crippen LogP contribution is -2.39. The van der Waals surface area contributed by atoms with Gasteiger partial charge in [-0.15, -0.1) is 0 Å². The van der Waals surface area contributed by atoms with Crippen LogP contribution in [0.3, 0.4) is 0 Å². The van der Waals surface area contributed by atoms with Gasteiger partial charge in [0.25, 0.3) is 0 Å². The molecule has 0 bridgehead atoms.